The summed E-state index contributed by atoms with van der Waals surface area (Å²) >= 11 is 2.41. The van der Waals surface area contributed by atoms with Crippen molar-refractivity contribution in [1.29, 1.82) is 0 Å². The van der Waals surface area contributed by atoms with E-state index >= 15 is 0 Å². The topological polar surface area (TPSA) is 102 Å². The molecule has 1 aromatic carbocycles. The van der Waals surface area contributed by atoms with Crippen LogP contribution in [-0.4, -0.2) is 40.4 Å². The molecule has 0 radical (unpaired) electrons. The number of amides is 2. The van der Waals surface area contributed by atoms with E-state index < -0.39 is 26.9 Å². The molecule has 31 heavy (non-hydrogen) atoms. The minimum atomic E-state index is -3.69. The highest BCUT2D eigenvalue weighted by Crippen LogP contribution is 2.33. The van der Waals surface area contributed by atoms with Gasteiger partial charge in [-0.25, -0.2) is 8.42 Å². The molecule has 0 saturated heterocycles. The molecule has 2 amide bonds. The quantitative estimate of drug-likeness (QED) is 0.461. The summed E-state index contributed by atoms with van der Waals surface area (Å²) in [6.45, 7) is 0.0496. The number of nitrogens with one attached hydrogen (secondary N) is 2. The first-order valence-electron chi connectivity index (χ1n) is 9.42. The molecule has 3 aromatic rings. The van der Waals surface area contributed by atoms with Crippen molar-refractivity contribution in [3.05, 3.63) is 69.7 Å². The number of rotatable bonds is 9. The van der Waals surface area contributed by atoms with Crippen LogP contribution in [0.4, 0.5) is 0 Å². The van der Waals surface area contributed by atoms with Crippen molar-refractivity contribution in [1.82, 2.24) is 10.6 Å². The number of methoxy groups -OCH3 is 1. The lowest BCUT2D eigenvalue weighted by molar-refractivity contribution is -0.139. The van der Waals surface area contributed by atoms with E-state index in [1.54, 1.807) is 36.1 Å². The maximum absolute atomic E-state index is 13.0. The average Bonchev–Trinajstić information content (AvgIpc) is 3.48. The fourth-order valence-electron chi connectivity index (χ4n) is 2.97. The van der Waals surface area contributed by atoms with Crippen LogP contribution >= 0.6 is 22.7 Å². The Morgan fingerprint density at radius 2 is 1.68 bits per heavy atom. The minimum absolute atomic E-state index is 0.195. The molecule has 2 N–H and O–H groups in total. The Labute approximate surface area is 189 Å². The first-order valence-corrected chi connectivity index (χ1v) is 12.7. The van der Waals surface area contributed by atoms with Gasteiger partial charge in [0, 0.05) is 18.0 Å². The summed E-state index contributed by atoms with van der Waals surface area (Å²) in [5.41, 5.74) is 0.908. The summed E-state index contributed by atoms with van der Waals surface area (Å²) in [5.74, 6) is -0.977. The molecule has 0 aliphatic carbocycles. The number of hydrogen-bond acceptors (Lipinski definition) is 7. The second-order valence-electron chi connectivity index (χ2n) is 6.51. The van der Waals surface area contributed by atoms with Gasteiger partial charge in [-0.1, -0.05) is 30.3 Å². The lowest BCUT2D eigenvalue weighted by Gasteiger charge is -2.16. The highest BCUT2D eigenvalue weighted by molar-refractivity contribution is 7.93. The van der Waals surface area contributed by atoms with Gasteiger partial charge in [0.1, 0.15) is 15.2 Å². The summed E-state index contributed by atoms with van der Waals surface area (Å²) in [4.78, 5) is 25.0. The molecule has 0 unspecified atom stereocenters. The maximum Gasteiger partial charge on any atom is 0.309 e. The van der Waals surface area contributed by atoms with Gasteiger partial charge in [0.25, 0.3) is 0 Å². The number of carbonyl (C=O) groups is 2. The van der Waals surface area contributed by atoms with E-state index in [0.29, 0.717) is 17.0 Å². The van der Waals surface area contributed by atoms with E-state index in [-0.39, 0.29) is 17.3 Å². The van der Waals surface area contributed by atoms with Crippen LogP contribution in [0.25, 0.3) is 0 Å². The molecule has 0 aliphatic heterocycles. The van der Waals surface area contributed by atoms with Gasteiger partial charge < -0.3 is 15.4 Å². The van der Waals surface area contributed by atoms with Crippen LogP contribution in [-0.2, 0) is 25.8 Å². The van der Waals surface area contributed by atoms with Crippen LogP contribution in [0.15, 0.2) is 63.5 Å². The van der Waals surface area contributed by atoms with Crippen LogP contribution in [0.2, 0.25) is 0 Å². The molecule has 10 heteroatoms. The fraction of sp³-hybridized carbons (Fsp3) is 0.238. The first-order chi connectivity index (χ1) is 14.9. The largest absolute Gasteiger partial charge is 0.496 e. The SMILES string of the molecule is COc1ccccc1CCNC(=O)C(=O)NC[C@H](c1cccs1)S(=O)(=O)c1cccs1. The van der Waals surface area contributed by atoms with E-state index in [0.717, 1.165) is 16.9 Å². The van der Waals surface area contributed by atoms with E-state index in [9.17, 15) is 18.0 Å². The molecule has 1 atom stereocenters. The Hall–Kier alpha value is -2.69. The third-order valence-corrected chi connectivity index (χ3v) is 9.19. The Morgan fingerprint density at radius 1 is 0.968 bits per heavy atom. The van der Waals surface area contributed by atoms with Gasteiger partial charge >= 0.3 is 11.8 Å². The third-order valence-electron chi connectivity index (χ3n) is 4.54. The van der Waals surface area contributed by atoms with Crippen molar-refractivity contribution in [3.63, 3.8) is 0 Å². The van der Waals surface area contributed by atoms with Gasteiger partial charge in [-0.05, 0) is 40.9 Å². The van der Waals surface area contributed by atoms with Crippen LogP contribution in [0.1, 0.15) is 15.7 Å². The second kappa shape index (κ2) is 10.6. The summed E-state index contributed by atoms with van der Waals surface area (Å²) < 4.78 is 31.5. The van der Waals surface area contributed by atoms with Crippen LogP contribution in [0.3, 0.4) is 0 Å². The number of benzene rings is 1. The van der Waals surface area contributed by atoms with Crippen molar-refractivity contribution in [2.45, 2.75) is 15.9 Å². The smallest absolute Gasteiger partial charge is 0.309 e. The number of thiophene rings is 2. The van der Waals surface area contributed by atoms with Crippen molar-refractivity contribution in [2.24, 2.45) is 0 Å². The Kier molecular flexibility index (Phi) is 7.83. The summed E-state index contributed by atoms with van der Waals surface area (Å²) in [6.07, 6.45) is 0.494. The fourth-order valence-corrected chi connectivity index (χ4v) is 6.96. The van der Waals surface area contributed by atoms with Gasteiger partial charge in [0.15, 0.2) is 9.84 Å². The van der Waals surface area contributed by atoms with E-state index in [1.807, 2.05) is 24.3 Å². The van der Waals surface area contributed by atoms with Crippen molar-refractivity contribution >= 4 is 44.3 Å². The number of ether oxygens (including phenoxy) is 1. The highest BCUT2D eigenvalue weighted by atomic mass is 32.2. The predicted molar refractivity (Wildman–Crippen MR) is 121 cm³/mol. The van der Waals surface area contributed by atoms with Gasteiger partial charge in [0.2, 0.25) is 0 Å². The molecule has 0 bridgehead atoms. The third kappa shape index (κ3) is 5.72. The zero-order valence-electron chi connectivity index (χ0n) is 16.7. The number of hydrogen-bond donors (Lipinski definition) is 2. The number of para-hydroxylation sites is 1. The van der Waals surface area contributed by atoms with Crippen molar-refractivity contribution in [3.8, 4) is 5.75 Å². The number of sulfone groups is 1. The molecule has 164 valence electrons. The normalized spacial score (nSPS) is 12.2. The molecular formula is C21H22N2O5S3. The zero-order chi connectivity index (χ0) is 22.3. The summed E-state index contributed by atoms with van der Waals surface area (Å²) in [6, 6.07) is 14.1. The first kappa shape index (κ1) is 23.0. The molecule has 0 fully saturated rings. The Balaban J connectivity index is 1.59. The molecule has 0 saturated carbocycles. The van der Waals surface area contributed by atoms with Gasteiger partial charge in [0.05, 0.1) is 7.11 Å². The molecule has 3 rings (SSSR count). The van der Waals surface area contributed by atoms with E-state index in [1.165, 1.54) is 17.4 Å². The van der Waals surface area contributed by atoms with Crippen LogP contribution in [0, 0.1) is 0 Å². The van der Waals surface area contributed by atoms with Crippen molar-refractivity contribution in [2.75, 3.05) is 20.2 Å². The van der Waals surface area contributed by atoms with Crippen molar-refractivity contribution < 1.29 is 22.7 Å². The van der Waals surface area contributed by atoms with Crippen LogP contribution in [0.5, 0.6) is 5.75 Å². The number of carbonyl (C=O) groups excluding carboxylic acids is 2. The molecule has 0 aliphatic rings. The molecule has 7 nitrogen and oxygen atoms in total. The average molecular weight is 479 g/mol. The molecule has 0 spiro atoms. The summed E-state index contributed by atoms with van der Waals surface area (Å²) in [7, 11) is -2.13. The molecule has 2 aromatic heterocycles. The lowest BCUT2D eigenvalue weighted by Crippen LogP contribution is -2.42. The predicted octanol–water partition coefficient (Wildman–Crippen LogP) is 2.81. The van der Waals surface area contributed by atoms with E-state index in [2.05, 4.69) is 10.6 Å². The lowest BCUT2D eigenvalue weighted by atomic mass is 10.1. The van der Waals surface area contributed by atoms with Gasteiger partial charge in [-0.15, -0.1) is 22.7 Å². The molecule has 2 heterocycles. The van der Waals surface area contributed by atoms with Crippen LogP contribution < -0.4 is 15.4 Å². The molecular weight excluding hydrogens is 456 g/mol. The van der Waals surface area contributed by atoms with Gasteiger partial charge in [-0.3, -0.25) is 9.59 Å². The second-order valence-corrected chi connectivity index (χ2v) is 10.8. The Morgan fingerprint density at radius 3 is 2.35 bits per heavy atom. The Bertz CT molecular complexity index is 1110. The maximum atomic E-state index is 13.0. The standard InChI is InChI=1S/C21H22N2O5S3/c1-28-16-7-3-2-6-15(16)10-11-22-20(24)21(25)23-14-18(17-8-4-12-29-17)31(26,27)19-9-5-13-30-19/h2-9,12-13,18H,10-11,14H2,1H3,(H,22,24)(H,23,25)/t18-/m1/s1. The zero-order valence-corrected chi connectivity index (χ0v) is 19.2. The highest BCUT2D eigenvalue weighted by Gasteiger charge is 2.31. The monoisotopic (exact) mass is 478 g/mol. The minimum Gasteiger partial charge on any atom is -0.496 e. The summed E-state index contributed by atoms with van der Waals surface area (Å²) in [5, 5.41) is 7.52. The van der Waals surface area contributed by atoms with E-state index in [4.69, 9.17) is 4.74 Å². The van der Waals surface area contributed by atoms with Gasteiger partial charge in [-0.2, -0.15) is 0 Å².